The van der Waals surface area contributed by atoms with Gasteiger partial charge in [0.25, 0.3) is 0 Å². The molecule has 0 radical (unpaired) electrons. The Kier molecular flexibility index (Phi) is 1.70. The fourth-order valence-corrected chi connectivity index (χ4v) is 1.62. The van der Waals surface area contributed by atoms with E-state index in [0.29, 0.717) is 0 Å². The van der Waals surface area contributed by atoms with Gasteiger partial charge in [-0.2, -0.15) is 0 Å². The molecule has 12 heavy (non-hydrogen) atoms. The molecular weight excluding hydrogens is 150 g/mol. The number of carbonyl (C=O) groups excluding carboxylic acids is 1. The lowest BCUT2D eigenvalue weighted by Crippen LogP contribution is -2.34. The Morgan fingerprint density at radius 3 is 2.92 bits per heavy atom. The van der Waals surface area contributed by atoms with Gasteiger partial charge in [0.2, 0.25) is 0 Å². The number of Topliss-reactive ketones (excluding diaryl/α,β-unsaturated/α-hetero) is 1. The largest absolute Gasteiger partial charge is 0.321 e. The molecule has 0 saturated heterocycles. The maximum Gasteiger partial charge on any atom is 0.179 e. The molecule has 0 fully saturated rings. The molecule has 0 amide bonds. The molecule has 2 rings (SSSR count). The molecule has 1 aromatic carbocycles. The van der Waals surface area contributed by atoms with Crippen LogP contribution in [0.3, 0.4) is 0 Å². The number of benzene rings is 1. The number of aryl methyl sites for hydroxylation is 1. The molecule has 2 heteroatoms. The van der Waals surface area contributed by atoms with E-state index in [0.717, 1.165) is 24.0 Å². The average molecular weight is 161 g/mol. The lowest BCUT2D eigenvalue weighted by atomic mass is 9.88. The monoisotopic (exact) mass is 161 g/mol. The van der Waals surface area contributed by atoms with Gasteiger partial charge in [0.1, 0.15) is 0 Å². The Labute approximate surface area is 71.4 Å². The highest BCUT2D eigenvalue weighted by Crippen LogP contribution is 2.19. The summed E-state index contributed by atoms with van der Waals surface area (Å²) in [6, 6.07) is 7.42. The second-order valence-corrected chi connectivity index (χ2v) is 3.17. The van der Waals surface area contributed by atoms with Crippen LogP contribution < -0.4 is 5.73 Å². The molecule has 0 aromatic heterocycles. The summed E-state index contributed by atoms with van der Waals surface area (Å²) in [6.45, 7) is 0. The summed E-state index contributed by atoms with van der Waals surface area (Å²) < 4.78 is 0. The van der Waals surface area contributed by atoms with Crippen molar-refractivity contribution in [3.63, 3.8) is 0 Å². The van der Waals surface area contributed by atoms with E-state index in [4.69, 9.17) is 5.73 Å². The number of carbonyl (C=O) groups is 1. The lowest BCUT2D eigenvalue weighted by Gasteiger charge is -2.19. The van der Waals surface area contributed by atoms with Crippen molar-refractivity contribution in [2.24, 2.45) is 5.73 Å². The molecule has 0 saturated carbocycles. The Morgan fingerprint density at radius 2 is 2.08 bits per heavy atom. The van der Waals surface area contributed by atoms with Crippen molar-refractivity contribution < 1.29 is 4.79 Å². The number of hydrogen-bond donors (Lipinski definition) is 1. The van der Waals surface area contributed by atoms with E-state index in [1.165, 1.54) is 0 Å². The Hall–Kier alpha value is -1.15. The van der Waals surface area contributed by atoms with Gasteiger partial charge in [-0.1, -0.05) is 24.3 Å². The first kappa shape index (κ1) is 7.50. The van der Waals surface area contributed by atoms with Crippen molar-refractivity contribution in [2.45, 2.75) is 18.9 Å². The first-order valence-corrected chi connectivity index (χ1v) is 4.17. The van der Waals surface area contributed by atoms with Crippen LogP contribution in [0, 0.1) is 0 Å². The summed E-state index contributed by atoms with van der Waals surface area (Å²) in [7, 11) is 0. The van der Waals surface area contributed by atoms with E-state index >= 15 is 0 Å². The normalized spacial score (nSPS) is 22.1. The van der Waals surface area contributed by atoms with Crippen molar-refractivity contribution in [2.75, 3.05) is 0 Å². The fourth-order valence-electron chi connectivity index (χ4n) is 1.62. The fraction of sp³-hybridized carbons (Fsp3) is 0.300. The Balaban J connectivity index is 2.49. The molecule has 2 N–H and O–H groups in total. The third-order valence-corrected chi connectivity index (χ3v) is 2.34. The zero-order valence-corrected chi connectivity index (χ0v) is 6.79. The number of ketones is 1. The van der Waals surface area contributed by atoms with Gasteiger partial charge < -0.3 is 5.73 Å². The van der Waals surface area contributed by atoms with E-state index in [1.807, 2.05) is 24.3 Å². The second kappa shape index (κ2) is 2.72. The van der Waals surface area contributed by atoms with Crippen molar-refractivity contribution in [3.8, 4) is 0 Å². The van der Waals surface area contributed by atoms with Crippen LogP contribution in [0.15, 0.2) is 24.3 Å². The van der Waals surface area contributed by atoms with Gasteiger partial charge in [-0.05, 0) is 18.4 Å². The quantitative estimate of drug-likeness (QED) is 0.620. The highest BCUT2D eigenvalue weighted by molar-refractivity contribution is 6.02. The minimum atomic E-state index is -0.278. The van der Waals surface area contributed by atoms with Gasteiger partial charge in [0, 0.05) is 5.56 Å². The van der Waals surface area contributed by atoms with Crippen LogP contribution in [0.25, 0.3) is 0 Å². The highest BCUT2D eigenvalue weighted by atomic mass is 16.1. The highest BCUT2D eigenvalue weighted by Gasteiger charge is 2.23. The molecule has 1 aromatic rings. The van der Waals surface area contributed by atoms with Crippen molar-refractivity contribution in [1.29, 1.82) is 0 Å². The minimum absolute atomic E-state index is 0.0943. The third-order valence-electron chi connectivity index (χ3n) is 2.34. The number of hydrogen-bond acceptors (Lipinski definition) is 2. The first-order chi connectivity index (χ1) is 5.79. The maximum atomic E-state index is 11.5. The van der Waals surface area contributed by atoms with Gasteiger partial charge in [0.05, 0.1) is 6.04 Å². The standard InChI is InChI=1S/C10H11NO/c11-9-6-5-7-3-1-2-4-8(7)10(9)12/h1-4,9H,5-6,11H2/t9-/m0/s1. The SMILES string of the molecule is N[C@H]1CCc2ccccc2C1=O. The van der Waals surface area contributed by atoms with Crippen LogP contribution >= 0.6 is 0 Å². The summed E-state index contributed by atoms with van der Waals surface area (Å²) in [5, 5.41) is 0. The number of nitrogens with two attached hydrogens (primary N) is 1. The van der Waals surface area contributed by atoms with E-state index in [2.05, 4.69) is 0 Å². The topological polar surface area (TPSA) is 43.1 Å². The molecule has 0 bridgehead atoms. The molecule has 1 atom stereocenters. The van der Waals surface area contributed by atoms with E-state index < -0.39 is 0 Å². The summed E-state index contributed by atoms with van der Waals surface area (Å²) in [6.07, 6.45) is 1.72. The van der Waals surface area contributed by atoms with E-state index in [1.54, 1.807) is 0 Å². The molecule has 0 heterocycles. The molecular formula is C10H11NO. The zero-order chi connectivity index (χ0) is 8.55. The van der Waals surface area contributed by atoms with Crippen molar-refractivity contribution in [1.82, 2.24) is 0 Å². The molecule has 2 nitrogen and oxygen atoms in total. The lowest BCUT2D eigenvalue weighted by molar-refractivity contribution is 0.0948. The molecule has 0 unspecified atom stereocenters. The third kappa shape index (κ3) is 1.04. The van der Waals surface area contributed by atoms with Crippen LogP contribution in [0.1, 0.15) is 22.3 Å². The molecule has 0 spiro atoms. The van der Waals surface area contributed by atoms with Crippen LogP contribution in [-0.4, -0.2) is 11.8 Å². The average Bonchev–Trinajstić information content (AvgIpc) is 2.12. The van der Waals surface area contributed by atoms with Gasteiger partial charge in [-0.25, -0.2) is 0 Å². The van der Waals surface area contributed by atoms with Gasteiger partial charge in [-0.3, -0.25) is 4.79 Å². The van der Waals surface area contributed by atoms with Crippen molar-refractivity contribution >= 4 is 5.78 Å². The van der Waals surface area contributed by atoms with Gasteiger partial charge in [0.15, 0.2) is 5.78 Å². The molecule has 1 aliphatic rings. The van der Waals surface area contributed by atoms with Gasteiger partial charge >= 0.3 is 0 Å². The predicted molar refractivity (Wildman–Crippen MR) is 47.1 cm³/mol. The number of fused-ring (bicyclic) bond motifs is 1. The summed E-state index contributed by atoms with van der Waals surface area (Å²) in [5.41, 5.74) is 7.60. The first-order valence-electron chi connectivity index (χ1n) is 4.17. The molecule has 0 aliphatic heterocycles. The summed E-state index contributed by atoms with van der Waals surface area (Å²) in [4.78, 5) is 11.5. The number of rotatable bonds is 0. The van der Waals surface area contributed by atoms with Crippen LogP contribution in [0.4, 0.5) is 0 Å². The zero-order valence-electron chi connectivity index (χ0n) is 6.79. The molecule has 62 valence electrons. The summed E-state index contributed by atoms with van der Waals surface area (Å²) in [5.74, 6) is 0.0943. The predicted octanol–water partition coefficient (Wildman–Crippen LogP) is 1.14. The van der Waals surface area contributed by atoms with E-state index in [-0.39, 0.29) is 11.8 Å². The Bertz CT molecular complexity index is 319. The Morgan fingerprint density at radius 1 is 1.33 bits per heavy atom. The molecule has 1 aliphatic carbocycles. The smallest absolute Gasteiger partial charge is 0.179 e. The minimum Gasteiger partial charge on any atom is -0.321 e. The van der Waals surface area contributed by atoms with E-state index in [9.17, 15) is 4.79 Å². The van der Waals surface area contributed by atoms with Crippen LogP contribution in [0.2, 0.25) is 0 Å². The van der Waals surface area contributed by atoms with Gasteiger partial charge in [-0.15, -0.1) is 0 Å². The summed E-state index contributed by atoms with van der Waals surface area (Å²) >= 11 is 0. The van der Waals surface area contributed by atoms with Crippen molar-refractivity contribution in [3.05, 3.63) is 35.4 Å². The second-order valence-electron chi connectivity index (χ2n) is 3.17. The van der Waals surface area contributed by atoms with Crippen LogP contribution in [0.5, 0.6) is 0 Å². The maximum absolute atomic E-state index is 11.5. The van der Waals surface area contributed by atoms with Crippen LogP contribution in [-0.2, 0) is 6.42 Å².